The van der Waals surface area contributed by atoms with E-state index in [-0.39, 0.29) is 28.8 Å². The van der Waals surface area contributed by atoms with Gasteiger partial charge in [-0.1, -0.05) is 42.6 Å². The van der Waals surface area contributed by atoms with Crippen LogP contribution in [0.2, 0.25) is 10.0 Å². The van der Waals surface area contributed by atoms with Crippen LogP contribution in [0.1, 0.15) is 39.2 Å². The van der Waals surface area contributed by atoms with Crippen LogP contribution in [0.15, 0.2) is 65.6 Å². The third-order valence-corrected chi connectivity index (χ3v) is 9.37. The SMILES string of the molecule is CCCCNC(=O)[C@H](C)N(Cc1ccc(Cl)cc1Cl)C(=O)CN(c1ccc(OCC)cc1)S(=O)(=O)c1ccc(OC)c(OC)c1. The van der Waals surface area contributed by atoms with Gasteiger partial charge in [0, 0.05) is 29.2 Å². The first-order chi connectivity index (χ1) is 21.5. The van der Waals surface area contributed by atoms with Crippen LogP contribution in [0, 0.1) is 0 Å². The number of nitrogens with zero attached hydrogens (tertiary/aromatic N) is 2. The molecule has 0 radical (unpaired) electrons. The highest BCUT2D eigenvalue weighted by atomic mass is 35.5. The molecular formula is C32H39Cl2N3O7S. The Labute approximate surface area is 275 Å². The van der Waals surface area contributed by atoms with Crippen LogP contribution in [0.4, 0.5) is 5.69 Å². The maximum atomic E-state index is 14.2. The normalized spacial score (nSPS) is 11.8. The van der Waals surface area contributed by atoms with Gasteiger partial charge in [0.05, 0.1) is 31.4 Å². The Bertz CT molecular complexity index is 1570. The summed E-state index contributed by atoms with van der Waals surface area (Å²) in [5, 5.41) is 3.57. The van der Waals surface area contributed by atoms with E-state index in [0.717, 1.165) is 17.1 Å². The third-order valence-electron chi connectivity index (χ3n) is 7.01. The molecule has 10 nitrogen and oxygen atoms in total. The summed E-state index contributed by atoms with van der Waals surface area (Å²) in [5.74, 6) is 0.0729. The molecule has 0 saturated heterocycles. The highest BCUT2D eigenvalue weighted by Crippen LogP contribution is 2.33. The number of ether oxygens (including phenoxy) is 3. The number of sulfonamides is 1. The van der Waals surface area contributed by atoms with E-state index in [0.29, 0.717) is 40.3 Å². The quantitative estimate of drug-likeness (QED) is 0.186. The van der Waals surface area contributed by atoms with Gasteiger partial charge >= 0.3 is 0 Å². The molecule has 0 bridgehead atoms. The molecular weight excluding hydrogens is 641 g/mol. The second kappa shape index (κ2) is 16.6. The molecule has 0 heterocycles. The predicted octanol–water partition coefficient (Wildman–Crippen LogP) is 5.94. The Kier molecular flexibility index (Phi) is 13.2. The lowest BCUT2D eigenvalue weighted by Gasteiger charge is -2.32. The van der Waals surface area contributed by atoms with Crippen molar-refractivity contribution in [2.24, 2.45) is 0 Å². The fourth-order valence-electron chi connectivity index (χ4n) is 4.46. The van der Waals surface area contributed by atoms with Gasteiger partial charge in [-0.2, -0.15) is 0 Å². The third kappa shape index (κ3) is 9.18. The molecule has 0 saturated carbocycles. The summed E-state index contributed by atoms with van der Waals surface area (Å²) in [4.78, 5) is 28.5. The molecule has 3 aromatic rings. The van der Waals surface area contributed by atoms with Crippen LogP contribution >= 0.6 is 23.2 Å². The largest absolute Gasteiger partial charge is 0.494 e. The molecule has 2 amide bonds. The van der Waals surface area contributed by atoms with Crippen molar-refractivity contribution in [3.05, 3.63) is 76.3 Å². The molecule has 244 valence electrons. The number of carbonyl (C=O) groups is 2. The number of hydrogen-bond donors (Lipinski definition) is 1. The molecule has 45 heavy (non-hydrogen) atoms. The molecule has 1 atom stereocenters. The lowest BCUT2D eigenvalue weighted by molar-refractivity contribution is -0.139. The van der Waals surface area contributed by atoms with Gasteiger partial charge in [-0.15, -0.1) is 0 Å². The molecule has 1 N–H and O–H groups in total. The average Bonchev–Trinajstić information content (AvgIpc) is 3.03. The molecule has 0 aromatic heterocycles. The molecule has 13 heteroatoms. The number of unbranched alkanes of at least 4 members (excludes halogenated alkanes) is 1. The Hall–Kier alpha value is -3.67. The molecule has 0 aliphatic rings. The van der Waals surface area contributed by atoms with E-state index in [1.165, 1.54) is 37.3 Å². The molecule has 3 rings (SSSR count). The maximum absolute atomic E-state index is 14.2. The summed E-state index contributed by atoms with van der Waals surface area (Å²) in [6, 6.07) is 14.4. The number of benzene rings is 3. The summed E-state index contributed by atoms with van der Waals surface area (Å²) in [6.07, 6.45) is 1.65. The van der Waals surface area contributed by atoms with Crippen LogP contribution in [0.25, 0.3) is 0 Å². The van der Waals surface area contributed by atoms with Crippen LogP contribution in [-0.4, -0.2) is 65.1 Å². The van der Waals surface area contributed by atoms with E-state index >= 15 is 0 Å². The number of nitrogens with one attached hydrogen (secondary N) is 1. The van der Waals surface area contributed by atoms with Gasteiger partial charge in [-0.25, -0.2) is 8.42 Å². The molecule has 0 spiro atoms. The summed E-state index contributed by atoms with van der Waals surface area (Å²) >= 11 is 12.5. The van der Waals surface area contributed by atoms with Crippen molar-refractivity contribution in [2.45, 2.75) is 51.1 Å². The first-order valence-electron chi connectivity index (χ1n) is 14.4. The minimum absolute atomic E-state index is 0.0648. The van der Waals surface area contributed by atoms with Gasteiger partial charge < -0.3 is 24.4 Å². The van der Waals surface area contributed by atoms with Crippen LogP contribution in [0.3, 0.4) is 0 Å². The lowest BCUT2D eigenvalue weighted by atomic mass is 10.1. The van der Waals surface area contributed by atoms with Gasteiger partial charge in [0.15, 0.2) is 11.5 Å². The Morgan fingerprint density at radius 1 is 0.933 bits per heavy atom. The predicted molar refractivity (Wildman–Crippen MR) is 176 cm³/mol. The van der Waals surface area contributed by atoms with Gasteiger partial charge in [0.2, 0.25) is 11.8 Å². The molecule has 0 aliphatic carbocycles. The molecule has 0 aliphatic heterocycles. The summed E-state index contributed by atoms with van der Waals surface area (Å²) < 4.78 is 45.6. The minimum Gasteiger partial charge on any atom is -0.494 e. The molecule has 0 unspecified atom stereocenters. The van der Waals surface area contributed by atoms with E-state index in [1.807, 2.05) is 13.8 Å². The average molecular weight is 681 g/mol. The monoisotopic (exact) mass is 679 g/mol. The Morgan fingerprint density at radius 3 is 2.22 bits per heavy atom. The highest BCUT2D eigenvalue weighted by Gasteiger charge is 2.33. The first kappa shape index (κ1) is 35.8. The zero-order valence-electron chi connectivity index (χ0n) is 26.0. The Balaban J connectivity index is 2.08. The van der Waals surface area contributed by atoms with E-state index < -0.39 is 28.5 Å². The van der Waals surface area contributed by atoms with Crippen molar-refractivity contribution in [2.75, 3.05) is 38.2 Å². The number of anilines is 1. The van der Waals surface area contributed by atoms with Crippen molar-refractivity contribution in [1.29, 1.82) is 0 Å². The standard InChI is InChI=1S/C32H39Cl2N3O7S/c1-6-8-17-35-32(39)22(3)36(20-23-9-10-24(33)18-28(23)34)31(38)21-37(25-11-13-26(14-12-25)44-7-2)45(40,41)27-15-16-29(42-4)30(19-27)43-5/h9-16,18-19,22H,6-8,17,20-21H2,1-5H3,(H,35,39)/t22-/m0/s1. The van der Waals surface area contributed by atoms with Crippen molar-refractivity contribution >= 4 is 50.7 Å². The number of rotatable bonds is 16. The molecule has 3 aromatic carbocycles. The number of halogens is 2. The zero-order chi connectivity index (χ0) is 33.1. The van der Waals surface area contributed by atoms with Crippen LogP contribution in [-0.2, 0) is 26.2 Å². The minimum atomic E-state index is -4.35. The highest BCUT2D eigenvalue weighted by molar-refractivity contribution is 7.92. The van der Waals surface area contributed by atoms with E-state index in [9.17, 15) is 18.0 Å². The summed E-state index contributed by atoms with van der Waals surface area (Å²) in [7, 11) is -1.51. The van der Waals surface area contributed by atoms with Gasteiger partial charge in [-0.05, 0) is 74.4 Å². The molecule has 0 fully saturated rings. The van der Waals surface area contributed by atoms with E-state index in [2.05, 4.69) is 5.32 Å². The fourth-order valence-corrected chi connectivity index (χ4v) is 6.36. The van der Waals surface area contributed by atoms with Crippen molar-refractivity contribution in [3.8, 4) is 17.2 Å². The fraction of sp³-hybridized carbons (Fsp3) is 0.375. The van der Waals surface area contributed by atoms with E-state index in [1.54, 1.807) is 49.4 Å². The van der Waals surface area contributed by atoms with Crippen molar-refractivity contribution < 1.29 is 32.2 Å². The van der Waals surface area contributed by atoms with Crippen LogP contribution in [0.5, 0.6) is 17.2 Å². The smallest absolute Gasteiger partial charge is 0.264 e. The summed E-state index contributed by atoms with van der Waals surface area (Å²) in [5.41, 5.74) is 0.754. The van der Waals surface area contributed by atoms with Gasteiger partial charge in [-0.3, -0.25) is 13.9 Å². The van der Waals surface area contributed by atoms with Gasteiger partial charge in [0.1, 0.15) is 18.3 Å². The second-order valence-corrected chi connectivity index (χ2v) is 12.7. The Morgan fingerprint density at radius 2 is 1.62 bits per heavy atom. The summed E-state index contributed by atoms with van der Waals surface area (Å²) in [6.45, 7) is 5.60. The van der Waals surface area contributed by atoms with Crippen LogP contribution < -0.4 is 23.8 Å². The van der Waals surface area contributed by atoms with Gasteiger partial charge in [0.25, 0.3) is 10.0 Å². The topological polar surface area (TPSA) is 114 Å². The number of methoxy groups -OCH3 is 2. The van der Waals surface area contributed by atoms with Crippen molar-refractivity contribution in [3.63, 3.8) is 0 Å². The second-order valence-electron chi connectivity index (χ2n) is 10.0. The lowest BCUT2D eigenvalue weighted by Crippen LogP contribution is -2.51. The zero-order valence-corrected chi connectivity index (χ0v) is 28.3. The van der Waals surface area contributed by atoms with E-state index in [4.69, 9.17) is 37.4 Å². The first-order valence-corrected chi connectivity index (χ1v) is 16.6. The number of carbonyl (C=O) groups excluding carboxylic acids is 2. The maximum Gasteiger partial charge on any atom is 0.264 e. The number of amides is 2. The van der Waals surface area contributed by atoms with Crippen molar-refractivity contribution in [1.82, 2.24) is 10.2 Å². The number of hydrogen-bond acceptors (Lipinski definition) is 7.